The minimum Gasteiger partial charge on any atom is -0.465 e. The Morgan fingerprint density at radius 3 is 2.71 bits per heavy atom. The van der Waals surface area contributed by atoms with Gasteiger partial charge >= 0.3 is 5.97 Å². The zero-order valence-electron chi connectivity index (χ0n) is 10.5. The molecule has 0 amide bonds. The predicted octanol–water partition coefficient (Wildman–Crippen LogP) is 0.710. The van der Waals surface area contributed by atoms with Crippen LogP contribution in [0.1, 0.15) is 25.7 Å². The summed E-state index contributed by atoms with van der Waals surface area (Å²) in [7, 11) is 1.63. The van der Waals surface area contributed by atoms with E-state index in [-0.39, 0.29) is 17.9 Å². The monoisotopic (exact) mass is 245 g/mol. The van der Waals surface area contributed by atoms with Crippen molar-refractivity contribution in [2.24, 2.45) is 11.7 Å². The zero-order chi connectivity index (χ0) is 12.5. The van der Waals surface area contributed by atoms with Gasteiger partial charge in [-0.25, -0.2) is 0 Å². The molecule has 17 heavy (non-hydrogen) atoms. The number of hydrogen-bond donors (Lipinski definition) is 1. The van der Waals surface area contributed by atoms with Crippen LogP contribution in [0, 0.1) is 5.92 Å². The average Bonchev–Trinajstić information content (AvgIpc) is 2.74. The number of rotatable bonds is 8. The number of ether oxygens (including phenoxy) is 3. The lowest BCUT2D eigenvalue weighted by molar-refractivity contribution is -0.149. The van der Waals surface area contributed by atoms with Crippen LogP contribution in [0.15, 0.2) is 0 Å². The molecule has 0 spiro atoms. The molecule has 2 atom stereocenters. The summed E-state index contributed by atoms with van der Waals surface area (Å²) in [6.07, 6.45) is 3.54. The maximum atomic E-state index is 11.6. The highest BCUT2D eigenvalue weighted by molar-refractivity contribution is 5.73. The largest absolute Gasteiger partial charge is 0.465 e. The van der Waals surface area contributed by atoms with Crippen molar-refractivity contribution in [1.82, 2.24) is 0 Å². The van der Waals surface area contributed by atoms with Gasteiger partial charge in [0.1, 0.15) is 0 Å². The highest BCUT2D eigenvalue weighted by Crippen LogP contribution is 2.24. The molecule has 0 aromatic rings. The van der Waals surface area contributed by atoms with Crippen molar-refractivity contribution in [3.63, 3.8) is 0 Å². The first kappa shape index (κ1) is 14.4. The van der Waals surface area contributed by atoms with Crippen molar-refractivity contribution in [3.8, 4) is 0 Å². The van der Waals surface area contributed by atoms with E-state index < -0.39 is 0 Å². The summed E-state index contributed by atoms with van der Waals surface area (Å²) >= 11 is 0. The topological polar surface area (TPSA) is 70.8 Å². The quantitative estimate of drug-likeness (QED) is 0.504. The highest BCUT2D eigenvalue weighted by atomic mass is 16.5. The second-order valence-corrected chi connectivity index (χ2v) is 4.33. The lowest BCUT2D eigenvalue weighted by atomic mass is 10.1. The molecule has 0 aliphatic heterocycles. The molecule has 0 heterocycles. The Bertz CT molecular complexity index is 223. The van der Waals surface area contributed by atoms with Crippen LogP contribution in [0.5, 0.6) is 0 Å². The number of carbonyl (C=O) groups excluding carboxylic acids is 1. The minimum atomic E-state index is -0.146. The first-order chi connectivity index (χ1) is 8.25. The Hall–Kier alpha value is -0.650. The lowest BCUT2D eigenvalue weighted by Gasteiger charge is -2.14. The van der Waals surface area contributed by atoms with Crippen LogP contribution >= 0.6 is 0 Å². The van der Waals surface area contributed by atoms with Gasteiger partial charge in [0, 0.05) is 26.2 Å². The molecule has 0 aromatic heterocycles. The van der Waals surface area contributed by atoms with Crippen LogP contribution < -0.4 is 5.73 Å². The van der Waals surface area contributed by atoms with Crippen molar-refractivity contribution in [2.45, 2.75) is 31.7 Å². The van der Waals surface area contributed by atoms with E-state index in [9.17, 15) is 4.79 Å². The SMILES string of the molecule is COCCOCCCOC(=O)C1CCCC1N. The third kappa shape index (κ3) is 5.48. The molecule has 2 N–H and O–H groups in total. The molecule has 1 fully saturated rings. The van der Waals surface area contributed by atoms with Gasteiger partial charge in [-0.3, -0.25) is 4.79 Å². The molecule has 5 nitrogen and oxygen atoms in total. The van der Waals surface area contributed by atoms with Gasteiger partial charge < -0.3 is 19.9 Å². The lowest BCUT2D eigenvalue weighted by Crippen LogP contribution is -2.32. The maximum Gasteiger partial charge on any atom is 0.310 e. The number of nitrogens with two attached hydrogens (primary N) is 1. The second-order valence-electron chi connectivity index (χ2n) is 4.33. The summed E-state index contributed by atoms with van der Waals surface area (Å²) in [5.74, 6) is -0.240. The molecular formula is C12H23NO4. The molecule has 1 aliphatic carbocycles. The Morgan fingerprint density at radius 2 is 2.06 bits per heavy atom. The van der Waals surface area contributed by atoms with Gasteiger partial charge in [-0.2, -0.15) is 0 Å². The number of hydrogen-bond acceptors (Lipinski definition) is 5. The normalized spacial score (nSPS) is 23.9. The van der Waals surface area contributed by atoms with Crippen LogP contribution in [0.3, 0.4) is 0 Å². The van der Waals surface area contributed by atoms with E-state index in [1.807, 2.05) is 0 Å². The third-order valence-electron chi connectivity index (χ3n) is 2.98. The van der Waals surface area contributed by atoms with E-state index in [2.05, 4.69) is 0 Å². The van der Waals surface area contributed by atoms with Gasteiger partial charge in [-0.15, -0.1) is 0 Å². The third-order valence-corrected chi connectivity index (χ3v) is 2.98. The average molecular weight is 245 g/mol. The van der Waals surface area contributed by atoms with Crippen LogP contribution in [0.2, 0.25) is 0 Å². The van der Waals surface area contributed by atoms with Crippen molar-refractivity contribution in [1.29, 1.82) is 0 Å². The van der Waals surface area contributed by atoms with Gasteiger partial charge in [0.2, 0.25) is 0 Å². The number of carbonyl (C=O) groups is 1. The van der Waals surface area contributed by atoms with Gasteiger partial charge in [-0.1, -0.05) is 6.42 Å². The van der Waals surface area contributed by atoms with Crippen molar-refractivity contribution in [3.05, 3.63) is 0 Å². The Morgan fingerprint density at radius 1 is 1.24 bits per heavy atom. The van der Waals surface area contributed by atoms with E-state index >= 15 is 0 Å². The molecule has 1 saturated carbocycles. The van der Waals surface area contributed by atoms with E-state index in [0.717, 1.165) is 25.7 Å². The fraction of sp³-hybridized carbons (Fsp3) is 0.917. The standard InChI is InChI=1S/C12H23NO4/c1-15-8-9-16-6-3-7-17-12(14)10-4-2-5-11(10)13/h10-11H,2-9,13H2,1H3. The van der Waals surface area contributed by atoms with Gasteiger partial charge in [0.05, 0.1) is 25.7 Å². The molecule has 2 unspecified atom stereocenters. The molecule has 0 bridgehead atoms. The van der Waals surface area contributed by atoms with Crippen molar-refractivity contribution >= 4 is 5.97 Å². The van der Waals surface area contributed by atoms with Gasteiger partial charge in [0.25, 0.3) is 0 Å². The highest BCUT2D eigenvalue weighted by Gasteiger charge is 2.31. The molecule has 5 heteroatoms. The number of methoxy groups -OCH3 is 1. The van der Waals surface area contributed by atoms with Gasteiger partial charge in [-0.05, 0) is 12.8 Å². The van der Waals surface area contributed by atoms with Crippen LogP contribution in [-0.4, -0.2) is 45.5 Å². The fourth-order valence-corrected chi connectivity index (χ4v) is 1.97. The van der Waals surface area contributed by atoms with Crippen LogP contribution in [-0.2, 0) is 19.0 Å². The minimum absolute atomic E-state index is 0.0135. The summed E-state index contributed by atoms with van der Waals surface area (Å²) in [5, 5.41) is 0. The van der Waals surface area contributed by atoms with Gasteiger partial charge in [0.15, 0.2) is 0 Å². The van der Waals surface area contributed by atoms with E-state index in [4.69, 9.17) is 19.9 Å². The van der Waals surface area contributed by atoms with Crippen molar-refractivity contribution < 1.29 is 19.0 Å². The van der Waals surface area contributed by atoms with Crippen molar-refractivity contribution in [2.75, 3.05) is 33.5 Å². The summed E-state index contributed by atoms with van der Waals surface area (Å²) in [6.45, 7) is 2.18. The Balaban J connectivity index is 1.97. The smallest absolute Gasteiger partial charge is 0.310 e. The first-order valence-corrected chi connectivity index (χ1v) is 6.24. The van der Waals surface area contributed by atoms with E-state index in [1.165, 1.54) is 0 Å². The molecule has 100 valence electrons. The summed E-state index contributed by atoms with van der Waals surface area (Å²) in [5.41, 5.74) is 5.83. The summed E-state index contributed by atoms with van der Waals surface area (Å²) in [6, 6.07) is -0.0135. The Kier molecular flexibility index (Phi) is 7.16. The first-order valence-electron chi connectivity index (χ1n) is 6.24. The maximum absolute atomic E-state index is 11.6. The zero-order valence-corrected chi connectivity index (χ0v) is 10.5. The predicted molar refractivity (Wildman–Crippen MR) is 63.6 cm³/mol. The van der Waals surface area contributed by atoms with E-state index in [1.54, 1.807) is 7.11 Å². The summed E-state index contributed by atoms with van der Waals surface area (Å²) in [4.78, 5) is 11.6. The fourth-order valence-electron chi connectivity index (χ4n) is 1.97. The van der Waals surface area contributed by atoms with Crippen LogP contribution in [0.4, 0.5) is 0 Å². The molecule has 0 saturated heterocycles. The number of esters is 1. The molecular weight excluding hydrogens is 222 g/mol. The second kappa shape index (κ2) is 8.44. The van der Waals surface area contributed by atoms with E-state index in [0.29, 0.717) is 26.4 Å². The molecule has 1 rings (SSSR count). The molecule has 0 radical (unpaired) electrons. The Labute approximate surface area is 103 Å². The molecule has 1 aliphatic rings. The van der Waals surface area contributed by atoms with Crippen LogP contribution in [0.25, 0.3) is 0 Å². The molecule has 0 aromatic carbocycles. The summed E-state index contributed by atoms with van der Waals surface area (Å²) < 4.78 is 15.3.